The molecule has 98 valence electrons. The zero-order valence-electron chi connectivity index (χ0n) is 10.7. The van der Waals surface area contributed by atoms with Gasteiger partial charge < -0.3 is 10.2 Å². The first-order valence-electron chi connectivity index (χ1n) is 6.35. The summed E-state index contributed by atoms with van der Waals surface area (Å²) in [7, 11) is 0. The van der Waals surface area contributed by atoms with E-state index in [1.165, 1.54) is 0 Å². The first kappa shape index (κ1) is 13.2. The van der Waals surface area contributed by atoms with Gasteiger partial charge >= 0.3 is 5.97 Å². The van der Waals surface area contributed by atoms with Gasteiger partial charge in [0, 0.05) is 5.75 Å². The second kappa shape index (κ2) is 4.16. The van der Waals surface area contributed by atoms with Crippen LogP contribution >= 0.6 is 11.8 Å². The second-order valence-corrected chi connectivity index (χ2v) is 7.49. The third-order valence-electron chi connectivity index (χ3n) is 4.75. The SMILES string of the molecule is CC1(C)CCC(O)(C2(C(=O)O)CCSC2)CC1. The number of carboxylic acid groups (broad SMARTS) is 1. The van der Waals surface area contributed by atoms with E-state index in [4.69, 9.17) is 0 Å². The predicted octanol–water partition coefficient (Wildman–Crippen LogP) is 2.53. The fourth-order valence-electron chi connectivity index (χ4n) is 3.12. The summed E-state index contributed by atoms with van der Waals surface area (Å²) in [4.78, 5) is 11.6. The molecule has 1 unspecified atom stereocenters. The van der Waals surface area contributed by atoms with Crippen LogP contribution in [0.15, 0.2) is 0 Å². The van der Waals surface area contributed by atoms with E-state index in [2.05, 4.69) is 13.8 Å². The highest BCUT2D eigenvalue weighted by molar-refractivity contribution is 7.99. The molecule has 2 aliphatic rings. The Morgan fingerprint density at radius 3 is 2.12 bits per heavy atom. The summed E-state index contributed by atoms with van der Waals surface area (Å²) in [5.74, 6) is 0.627. The summed E-state index contributed by atoms with van der Waals surface area (Å²) in [6.45, 7) is 4.40. The minimum Gasteiger partial charge on any atom is -0.481 e. The molecule has 4 heteroatoms. The van der Waals surface area contributed by atoms with Crippen LogP contribution in [0.25, 0.3) is 0 Å². The summed E-state index contributed by atoms with van der Waals surface area (Å²) in [6.07, 6.45) is 3.72. The van der Waals surface area contributed by atoms with Crippen molar-refractivity contribution in [3.05, 3.63) is 0 Å². The summed E-state index contributed by atoms with van der Waals surface area (Å²) in [5, 5.41) is 20.4. The van der Waals surface area contributed by atoms with Crippen LogP contribution in [0.4, 0.5) is 0 Å². The fraction of sp³-hybridized carbons (Fsp3) is 0.923. The molecule has 1 aliphatic carbocycles. The molecule has 0 aromatic heterocycles. The van der Waals surface area contributed by atoms with Gasteiger partial charge in [0.05, 0.1) is 5.60 Å². The molecule has 17 heavy (non-hydrogen) atoms. The molecule has 0 spiro atoms. The van der Waals surface area contributed by atoms with Gasteiger partial charge in [-0.2, -0.15) is 11.8 Å². The van der Waals surface area contributed by atoms with Crippen molar-refractivity contribution in [3.63, 3.8) is 0 Å². The summed E-state index contributed by atoms with van der Waals surface area (Å²) < 4.78 is 0. The van der Waals surface area contributed by atoms with Crippen LogP contribution in [0.1, 0.15) is 46.0 Å². The fourth-order valence-corrected chi connectivity index (χ4v) is 4.64. The first-order chi connectivity index (χ1) is 7.81. The zero-order chi connectivity index (χ0) is 12.7. The molecule has 1 atom stereocenters. The van der Waals surface area contributed by atoms with Gasteiger partial charge in [-0.15, -0.1) is 0 Å². The number of aliphatic carboxylic acids is 1. The Hall–Kier alpha value is -0.220. The van der Waals surface area contributed by atoms with Crippen LogP contribution in [-0.4, -0.2) is 33.3 Å². The predicted molar refractivity (Wildman–Crippen MR) is 69.2 cm³/mol. The van der Waals surface area contributed by atoms with Crippen molar-refractivity contribution in [2.75, 3.05) is 11.5 Å². The Morgan fingerprint density at radius 2 is 1.71 bits per heavy atom. The topological polar surface area (TPSA) is 57.5 Å². The maximum absolute atomic E-state index is 11.6. The Kier molecular flexibility index (Phi) is 3.24. The molecule has 0 amide bonds. The first-order valence-corrected chi connectivity index (χ1v) is 7.50. The highest BCUT2D eigenvalue weighted by Crippen LogP contribution is 2.53. The van der Waals surface area contributed by atoms with Gasteiger partial charge in [-0.25, -0.2) is 0 Å². The molecule has 1 aliphatic heterocycles. The van der Waals surface area contributed by atoms with Gasteiger partial charge in [-0.3, -0.25) is 4.79 Å². The van der Waals surface area contributed by atoms with E-state index in [9.17, 15) is 15.0 Å². The molecule has 0 aromatic carbocycles. The van der Waals surface area contributed by atoms with E-state index in [1.54, 1.807) is 11.8 Å². The maximum atomic E-state index is 11.6. The van der Waals surface area contributed by atoms with Gasteiger partial charge in [0.2, 0.25) is 0 Å². The van der Waals surface area contributed by atoms with Crippen LogP contribution in [0.5, 0.6) is 0 Å². The normalized spacial score (nSPS) is 35.7. The van der Waals surface area contributed by atoms with Crippen LogP contribution in [-0.2, 0) is 4.79 Å². The van der Waals surface area contributed by atoms with Gasteiger partial charge in [0.25, 0.3) is 0 Å². The Labute approximate surface area is 107 Å². The molecule has 2 rings (SSSR count). The third-order valence-corrected chi connectivity index (χ3v) is 5.94. The average molecular weight is 258 g/mol. The standard InChI is InChI=1S/C13H22O3S/c1-11(2)3-5-13(16,6-4-11)12(10(14)15)7-8-17-9-12/h16H,3-9H2,1-2H3,(H,14,15). The largest absolute Gasteiger partial charge is 0.481 e. The molecular weight excluding hydrogens is 236 g/mol. The smallest absolute Gasteiger partial charge is 0.313 e. The van der Waals surface area contributed by atoms with Crippen molar-refractivity contribution in [1.29, 1.82) is 0 Å². The number of hydrogen-bond acceptors (Lipinski definition) is 3. The molecule has 1 saturated heterocycles. The lowest BCUT2D eigenvalue weighted by Crippen LogP contribution is -2.56. The minimum atomic E-state index is -0.988. The zero-order valence-corrected chi connectivity index (χ0v) is 11.5. The summed E-state index contributed by atoms with van der Waals surface area (Å²) in [5.41, 5.74) is -1.64. The quantitative estimate of drug-likeness (QED) is 0.799. The number of thioether (sulfide) groups is 1. The number of carbonyl (C=O) groups is 1. The minimum absolute atomic E-state index is 0.248. The van der Waals surface area contributed by atoms with Gasteiger partial charge in [0.1, 0.15) is 5.41 Å². The Bertz CT molecular complexity index is 309. The molecule has 0 bridgehead atoms. The van der Waals surface area contributed by atoms with Crippen molar-refractivity contribution in [2.24, 2.45) is 10.8 Å². The van der Waals surface area contributed by atoms with Crippen molar-refractivity contribution >= 4 is 17.7 Å². The lowest BCUT2D eigenvalue weighted by Gasteiger charge is -2.48. The van der Waals surface area contributed by atoms with E-state index < -0.39 is 17.0 Å². The molecule has 0 radical (unpaired) electrons. The third kappa shape index (κ3) is 2.10. The lowest BCUT2D eigenvalue weighted by molar-refractivity contribution is -0.174. The molecule has 2 fully saturated rings. The molecule has 3 nitrogen and oxygen atoms in total. The van der Waals surface area contributed by atoms with E-state index in [0.717, 1.165) is 18.6 Å². The van der Waals surface area contributed by atoms with E-state index in [0.29, 0.717) is 25.0 Å². The number of hydrogen-bond donors (Lipinski definition) is 2. The van der Waals surface area contributed by atoms with E-state index in [1.807, 2.05) is 0 Å². The molecule has 0 aromatic rings. The van der Waals surface area contributed by atoms with Crippen molar-refractivity contribution in [1.82, 2.24) is 0 Å². The summed E-state index contributed by atoms with van der Waals surface area (Å²) >= 11 is 1.66. The lowest BCUT2D eigenvalue weighted by atomic mass is 9.60. The monoisotopic (exact) mass is 258 g/mol. The number of aliphatic hydroxyl groups is 1. The second-order valence-electron chi connectivity index (χ2n) is 6.39. The average Bonchev–Trinajstić information content (AvgIpc) is 2.73. The Balaban J connectivity index is 2.22. The Morgan fingerprint density at radius 1 is 1.12 bits per heavy atom. The van der Waals surface area contributed by atoms with Crippen LogP contribution in [0, 0.1) is 10.8 Å². The van der Waals surface area contributed by atoms with Gasteiger partial charge in [0.15, 0.2) is 0 Å². The molecule has 1 saturated carbocycles. The van der Waals surface area contributed by atoms with Crippen LogP contribution in [0.3, 0.4) is 0 Å². The van der Waals surface area contributed by atoms with E-state index in [-0.39, 0.29) is 5.41 Å². The molecule has 1 heterocycles. The highest BCUT2D eigenvalue weighted by atomic mass is 32.2. The van der Waals surface area contributed by atoms with Gasteiger partial charge in [-0.1, -0.05) is 13.8 Å². The maximum Gasteiger partial charge on any atom is 0.313 e. The van der Waals surface area contributed by atoms with Crippen LogP contribution in [0.2, 0.25) is 0 Å². The van der Waals surface area contributed by atoms with Crippen LogP contribution < -0.4 is 0 Å². The van der Waals surface area contributed by atoms with E-state index >= 15 is 0 Å². The van der Waals surface area contributed by atoms with Crippen molar-refractivity contribution < 1.29 is 15.0 Å². The number of carboxylic acids is 1. The molecule has 2 N–H and O–H groups in total. The van der Waals surface area contributed by atoms with Crippen molar-refractivity contribution in [2.45, 2.75) is 51.6 Å². The van der Waals surface area contributed by atoms with Gasteiger partial charge in [-0.05, 0) is 43.3 Å². The van der Waals surface area contributed by atoms with Crippen molar-refractivity contribution in [3.8, 4) is 0 Å². The highest BCUT2D eigenvalue weighted by Gasteiger charge is 2.58. The molecular formula is C13H22O3S. The number of rotatable bonds is 2. The summed E-state index contributed by atoms with van der Waals surface area (Å²) in [6, 6.07) is 0.